The summed E-state index contributed by atoms with van der Waals surface area (Å²) in [5, 5.41) is 3.29. The molecule has 0 aliphatic rings. The summed E-state index contributed by atoms with van der Waals surface area (Å²) in [4.78, 5) is 15.8. The first-order valence-electron chi connectivity index (χ1n) is 6.18. The largest absolute Gasteiger partial charge is 0.310 e. The first-order valence-corrected chi connectivity index (χ1v) is 7.71. The minimum atomic E-state index is -0.0584. The van der Waals surface area contributed by atoms with Crippen LogP contribution >= 0.6 is 23.4 Å². The van der Waals surface area contributed by atoms with Crippen LogP contribution in [0.1, 0.15) is 11.1 Å². The van der Waals surface area contributed by atoms with Crippen molar-refractivity contribution in [2.75, 3.05) is 11.1 Å². The minimum absolute atomic E-state index is 0.0584. The molecule has 104 valence electrons. The van der Waals surface area contributed by atoms with Gasteiger partial charge in [-0.2, -0.15) is 0 Å². The molecule has 0 aliphatic carbocycles. The number of aryl methyl sites for hydroxylation is 1. The zero-order chi connectivity index (χ0) is 14.4. The summed E-state index contributed by atoms with van der Waals surface area (Å²) in [6, 6.07) is 11.7. The lowest BCUT2D eigenvalue weighted by Gasteiger charge is -2.05. The van der Waals surface area contributed by atoms with E-state index in [1.54, 1.807) is 23.9 Å². The number of hydrogen-bond acceptors (Lipinski definition) is 3. The number of halogens is 1. The zero-order valence-corrected chi connectivity index (χ0v) is 12.7. The summed E-state index contributed by atoms with van der Waals surface area (Å²) >= 11 is 7.31. The van der Waals surface area contributed by atoms with Crippen molar-refractivity contribution in [1.29, 1.82) is 0 Å². The van der Waals surface area contributed by atoms with Gasteiger partial charge in [0.05, 0.1) is 10.8 Å². The number of hydrogen-bond donors (Lipinski definition) is 1. The summed E-state index contributed by atoms with van der Waals surface area (Å²) in [5.41, 5.74) is 2.46. The van der Waals surface area contributed by atoms with Crippen LogP contribution in [0, 0.1) is 6.92 Å². The minimum Gasteiger partial charge on any atom is -0.310 e. The Hall–Kier alpha value is -1.52. The number of thioether (sulfide) groups is 1. The van der Waals surface area contributed by atoms with Gasteiger partial charge in [0.15, 0.2) is 0 Å². The van der Waals surface area contributed by atoms with Crippen LogP contribution < -0.4 is 5.32 Å². The van der Waals surface area contributed by atoms with Gasteiger partial charge in [-0.3, -0.25) is 4.79 Å². The fraction of sp³-hybridized carbons (Fsp3) is 0.200. The molecular weight excluding hydrogens is 292 g/mol. The molecule has 5 heteroatoms. The molecule has 0 bridgehead atoms. The van der Waals surface area contributed by atoms with E-state index in [1.165, 1.54) is 17.3 Å². The molecule has 2 rings (SSSR count). The van der Waals surface area contributed by atoms with Gasteiger partial charge in [0, 0.05) is 11.9 Å². The molecule has 1 N–H and O–H groups in total. The summed E-state index contributed by atoms with van der Waals surface area (Å²) in [5.74, 6) is 1.69. The first kappa shape index (κ1) is 14.9. The number of amides is 1. The predicted molar refractivity (Wildman–Crippen MR) is 85.2 cm³/mol. The molecule has 0 fully saturated rings. The number of anilines is 1. The van der Waals surface area contributed by atoms with E-state index in [2.05, 4.69) is 41.5 Å². The molecular formula is C15H15ClN2OS. The Labute approximate surface area is 127 Å². The molecule has 0 unspecified atom stereocenters. The quantitative estimate of drug-likeness (QED) is 0.910. The van der Waals surface area contributed by atoms with E-state index in [0.29, 0.717) is 16.6 Å². The number of carbonyl (C=O) groups is 1. The molecule has 1 heterocycles. The van der Waals surface area contributed by atoms with E-state index in [4.69, 9.17) is 11.6 Å². The topological polar surface area (TPSA) is 42.0 Å². The number of pyridine rings is 1. The van der Waals surface area contributed by atoms with Gasteiger partial charge in [-0.1, -0.05) is 41.4 Å². The first-order chi connectivity index (χ1) is 9.63. The molecule has 3 nitrogen and oxygen atoms in total. The van der Waals surface area contributed by atoms with Gasteiger partial charge >= 0.3 is 0 Å². The van der Waals surface area contributed by atoms with E-state index in [0.717, 1.165) is 5.75 Å². The average Bonchev–Trinajstić information content (AvgIpc) is 2.44. The average molecular weight is 307 g/mol. The Bertz CT molecular complexity index is 569. The molecule has 0 aliphatic heterocycles. The van der Waals surface area contributed by atoms with Gasteiger partial charge < -0.3 is 5.32 Å². The Balaban J connectivity index is 1.75. The van der Waals surface area contributed by atoms with Crippen LogP contribution in [0.5, 0.6) is 0 Å². The molecule has 1 aromatic heterocycles. The lowest BCUT2D eigenvalue weighted by molar-refractivity contribution is -0.113. The van der Waals surface area contributed by atoms with Gasteiger partial charge in [0.1, 0.15) is 5.82 Å². The molecule has 20 heavy (non-hydrogen) atoms. The maximum absolute atomic E-state index is 11.7. The maximum atomic E-state index is 11.7. The Morgan fingerprint density at radius 1 is 1.25 bits per heavy atom. The summed E-state index contributed by atoms with van der Waals surface area (Å²) in [7, 11) is 0. The van der Waals surface area contributed by atoms with E-state index in [9.17, 15) is 4.79 Å². The third kappa shape index (κ3) is 4.87. The number of nitrogens with zero attached hydrogens (tertiary/aromatic N) is 1. The van der Waals surface area contributed by atoms with Crippen molar-refractivity contribution < 1.29 is 4.79 Å². The molecule has 0 saturated carbocycles. The molecule has 0 radical (unpaired) electrons. The second kappa shape index (κ2) is 7.31. The lowest BCUT2D eigenvalue weighted by atomic mass is 10.2. The standard InChI is InChI=1S/C15H15ClN2OS/c1-11-2-4-12(5-3-11)9-20-10-15(19)18-14-7-6-13(16)8-17-14/h2-8H,9-10H2,1H3,(H,17,18,19). The number of benzene rings is 1. The van der Waals surface area contributed by atoms with Crippen LogP contribution in [0.15, 0.2) is 42.6 Å². The summed E-state index contributed by atoms with van der Waals surface area (Å²) < 4.78 is 0. The molecule has 0 saturated heterocycles. The van der Waals surface area contributed by atoms with Crippen LogP contribution in [-0.2, 0) is 10.5 Å². The number of rotatable bonds is 5. The molecule has 1 aromatic carbocycles. The van der Waals surface area contributed by atoms with Gasteiger partial charge in [0.25, 0.3) is 0 Å². The third-order valence-corrected chi connectivity index (χ3v) is 3.84. The van der Waals surface area contributed by atoms with Crippen molar-refractivity contribution >= 4 is 35.1 Å². The van der Waals surface area contributed by atoms with Crippen molar-refractivity contribution in [3.63, 3.8) is 0 Å². The van der Waals surface area contributed by atoms with Crippen molar-refractivity contribution in [3.8, 4) is 0 Å². The van der Waals surface area contributed by atoms with Crippen LogP contribution in [0.3, 0.4) is 0 Å². The summed E-state index contributed by atoms with van der Waals surface area (Å²) in [6.07, 6.45) is 1.51. The SMILES string of the molecule is Cc1ccc(CSCC(=O)Nc2ccc(Cl)cn2)cc1. The van der Waals surface area contributed by atoms with Crippen LogP contribution in [-0.4, -0.2) is 16.6 Å². The number of nitrogens with one attached hydrogen (secondary N) is 1. The Kier molecular flexibility index (Phi) is 5.44. The van der Waals surface area contributed by atoms with Gasteiger partial charge in [-0.15, -0.1) is 11.8 Å². The van der Waals surface area contributed by atoms with E-state index < -0.39 is 0 Å². The highest BCUT2D eigenvalue weighted by Gasteiger charge is 2.04. The van der Waals surface area contributed by atoms with E-state index in [1.807, 2.05) is 0 Å². The van der Waals surface area contributed by atoms with Crippen molar-refractivity contribution in [1.82, 2.24) is 4.98 Å². The van der Waals surface area contributed by atoms with Gasteiger partial charge in [-0.05, 0) is 24.6 Å². The Morgan fingerprint density at radius 3 is 2.65 bits per heavy atom. The highest BCUT2D eigenvalue weighted by atomic mass is 35.5. The van der Waals surface area contributed by atoms with E-state index >= 15 is 0 Å². The lowest BCUT2D eigenvalue weighted by Crippen LogP contribution is -2.15. The normalized spacial score (nSPS) is 10.3. The van der Waals surface area contributed by atoms with Crippen LogP contribution in [0.2, 0.25) is 5.02 Å². The van der Waals surface area contributed by atoms with Gasteiger partial charge in [-0.25, -0.2) is 4.98 Å². The fourth-order valence-electron chi connectivity index (χ4n) is 1.57. The van der Waals surface area contributed by atoms with Crippen LogP contribution in [0.4, 0.5) is 5.82 Å². The maximum Gasteiger partial charge on any atom is 0.235 e. The summed E-state index contributed by atoms with van der Waals surface area (Å²) in [6.45, 7) is 2.06. The second-order valence-electron chi connectivity index (χ2n) is 4.39. The van der Waals surface area contributed by atoms with Crippen molar-refractivity contribution in [2.45, 2.75) is 12.7 Å². The van der Waals surface area contributed by atoms with Crippen LogP contribution in [0.25, 0.3) is 0 Å². The second-order valence-corrected chi connectivity index (χ2v) is 5.81. The molecule has 1 amide bonds. The third-order valence-electron chi connectivity index (χ3n) is 2.62. The highest BCUT2D eigenvalue weighted by Crippen LogP contribution is 2.14. The Morgan fingerprint density at radius 2 is 2.00 bits per heavy atom. The van der Waals surface area contributed by atoms with E-state index in [-0.39, 0.29) is 5.91 Å². The zero-order valence-electron chi connectivity index (χ0n) is 11.1. The predicted octanol–water partition coefficient (Wildman–Crippen LogP) is 3.92. The molecule has 0 spiro atoms. The molecule has 0 atom stereocenters. The number of aromatic nitrogens is 1. The smallest absolute Gasteiger partial charge is 0.235 e. The van der Waals surface area contributed by atoms with Crippen molar-refractivity contribution in [2.24, 2.45) is 0 Å². The van der Waals surface area contributed by atoms with Gasteiger partial charge in [0.2, 0.25) is 5.91 Å². The molecule has 2 aromatic rings. The van der Waals surface area contributed by atoms with Crippen molar-refractivity contribution in [3.05, 3.63) is 58.7 Å². The highest BCUT2D eigenvalue weighted by molar-refractivity contribution is 7.99. The fourth-order valence-corrected chi connectivity index (χ4v) is 2.47. The number of carbonyl (C=O) groups excluding carboxylic acids is 1. The monoisotopic (exact) mass is 306 g/mol.